The molecule has 0 spiro atoms. The first-order valence-electron chi connectivity index (χ1n) is 7.10. The normalized spacial score (nSPS) is 12.7. The summed E-state index contributed by atoms with van der Waals surface area (Å²) in [6, 6.07) is 3.68. The second-order valence-electron chi connectivity index (χ2n) is 5.24. The van der Waals surface area contributed by atoms with Crippen molar-refractivity contribution in [2.24, 2.45) is 0 Å². The number of aliphatic hydroxyl groups excluding tert-OH is 3. The molecule has 120 valence electrons. The molecule has 1 atom stereocenters. The van der Waals surface area contributed by atoms with E-state index in [0.29, 0.717) is 25.4 Å². The highest BCUT2D eigenvalue weighted by Crippen LogP contribution is 2.25. The van der Waals surface area contributed by atoms with Crippen molar-refractivity contribution in [2.75, 3.05) is 39.5 Å². The van der Waals surface area contributed by atoms with E-state index in [9.17, 15) is 5.11 Å². The molecule has 0 unspecified atom stereocenters. The van der Waals surface area contributed by atoms with Gasteiger partial charge >= 0.3 is 0 Å². The smallest absolute Gasteiger partial charge is 0.137 e. The summed E-state index contributed by atoms with van der Waals surface area (Å²) in [6.45, 7) is 5.46. The molecule has 1 aromatic carbocycles. The molecule has 0 saturated heterocycles. The number of rotatable bonds is 9. The van der Waals surface area contributed by atoms with Crippen LogP contribution in [0.2, 0.25) is 5.02 Å². The Morgan fingerprint density at radius 1 is 1.14 bits per heavy atom. The molecule has 0 heterocycles. The van der Waals surface area contributed by atoms with Gasteiger partial charge in [-0.15, -0.1) is 0 Å². The van der Waals surface area contributed by atoms with E-state index in [-0.39, 0.29) is 19.8 Å². The highest BCUT2D eigenvalue weighted by atomic mass is 35.5. The summed E-state index contributed by atoms with van der Waals surface area (Å²) >= 11 is 6.10. The van der Waals surface area contributed by atoms with Crippen molar-refractivity contribution >= 4 is 11.6 Å². The summed E-state index contributed by atoms with van der Waals surface area (Å²) in [4.78, 5) is 0.944. The number of halogens is 1. The molecule has 4 N–H and O–H groups in total. The third kappa shape index (κ3) is 6.20. The van der Waals surface area contributed by atoms with E-state index in [1.807, 2.05) is 26.0 Å². The maximum Gasteiger partial charge on any atom is 0.137 e. The SMILES string of the molecule is Cc1cc(OC[C@H](O)C[NH+](CCO)CCO)cc(C)c1Cl. The summed E-state index contributed by atoms with van der Waals surface area (Å²) in [5.41, 5.74) is 1.88. The maximum atomic E-state index is 9.99. The number of aliphatic hydroxyl groups is 3. The molecular weight excluding hydrogens is 294 g/mol. The summed E-state index contributed by atoms with van der Waals surface area (Å²) < 4.78 is 5.59. The van der Waals surface area contributed by atoms with Crippen LogP contribution >= 0.6 is 11.6 Å². The number of hydrogen-bond acceptors (Lipinski definition) is 4. The van der Waals surface area contributed by atoms with Gasteiger partial charge in [-0.3, -0.25) is 0 Å². The van der Waals surface area contributed by atoms with Gasteiger partial charge in [0.25, 0.3) is 0 Å². The van der Waals surface area contributed by atoms with Gasteiger partial charge in [0, 0.05) is 5.02 Å². The Bertz CT molecular complexity index is 413. The number of benzene rings is 1. The molecule has 0 aliphatic heterocycles. The van der Waals surface area contributed by atoms with E-state index in [1.165, 1.54) is 0 Å². The third-order valence-corrected chi connectivity index (χ3v) is 3.90. The molecule has 0 aliphatic rings. The van der Waals surface area contributed by atoms with E-state index < -0.39 is 6.10 Å². The lowest BCUT2D eigenvalue weighted by molar-refractivity contribution is -0.903. The quantitative estimate of drug-likeness (QED) is 0.498. The largest absolute Gasteiger partial charge is 0.491 e. The van der Waals surface area contributed by atoms with Crippen LogP contribution < -0.4 is 9.64 Å². The number of nitrogens with one attached hydrogen (secondary N) is 1. The second kappa shape index (κ2) is 9.23. The fourth-order valence-electron chi connectivity index (χ4n) is 2.22. The number of ether oxygens (including phenoxy) is 1. The molecule has 1 aromatic rings. The molecule has 6 heteroatoms. The van der Waals surface area contributed by atoms with Crippen molar-refractivity contribution in [3.8, 4) is 5.75 Å². The monoisotopic (exact) mass is 318 g/mol. The van der Waals surface area contributed by atoms with Crippen LogP contribution in [0.15, 0.2) is 12.1 Å². The molecule has 0 amide bonds. The van der Waals surface area contributed by atoms with E-state index in [0.717, 1.165) is 21.0 Å². The van der Waals surface area contributed by atoms with Crippen LogP contribution in [-0.4, -0.2) is 60.9 Å². The second-order valence-corrected chi connectivity index (χ2v) is 5.62. The predicted molar refractivity (Wildman–Crippen MR) is 82.2 cm³/mol. The number of hydrogen-bond donors (Lipinski definition) is 4. The Balaban J connectivity index is 2.50. The van der Waals surface area contributed by atoms with Crippen molar-refractivity contribution in [2.45, 2.75) is 20.0 Å². The molecule has 0 aromatic heterocycles. The Hall–Kier alpha value is -0.850. The molecule has 21 heavy (non-hydrogen) atoms. The first-order valence-corrected chi connectivity index (χ1v) is 7.48. The van der Waals surface area contributed by atoms with E-state index >= 15 is 0 Å². The van der Waals surface area contributed by atoms with Crippen molar-refractivity contribution in [3.63, 3.8) is 0 Å². The zero-order valence-corrected chi connectivity index (χ0v) is 13.4. The van der Waals surface area contributed by atoms with Crippen molar-refractivity contribution in [1.29, 1.82) is 0 Å². The van der Waals surface area contributed by atoms with Gasteiger partial charge in [0.2, 0.25) is 0 Å². The Morgan fingerprint density at radius 3 is 2.14 bits per heavy atom. The van der Waals surface area contributed by atoms with Gasteiger partial charge in [0.05, 0.1) is 13.2 Å². The van der Waals surface area contributed by atoms with Gasteiger partial charge in [-0.05, 0) is 37.1 Å². The predicted octanol–water partition coefficient (Wildman–Crippen LogP) is -0.434. The summed E-state index contributed by atoms with van der Waals surface area (Å²) in [7, 11) is 0. The Labute approximate surface area is 130 Å². The van der Waals surface area contributed by atoms with Crippen molar-refractivity contribution in [1.82, 2.24) is 0 Å². The molecule has 5 nitrogen and oxygen atoms in total. The van der Waals surface area contributed by atoms with Crippen LogP contribution in [0.4, 0.5) is 0 Å². The molecular formula is C15H25ClNO4+. The lowest BCUT2D eigenvalue weighted by atomic mass is 10.1. The average molecular weight is 319 g/mol. The molecule has 0 bridgehead atoms. The lowest BCUT2D eigenvalue weighted by Crippen LogP contribution is -3.14. The minimum Gasteiger partial charge on any atom is -0.491 e. The standard InChI is InChI=1S/C15H24ClNO4/c1-11-7-14(8-12(2)15(11)16)21-10-13(20)9-17(3-5-18)4-6-19/h7-8,13,18-20H,3-6,9-10H2,1-2H3/p+1/t13-/m1/s1. The van der Waals surface area contributed by atoms with Gasteiger partial charge in [-0.2, -0.15) is 0 Å². The van der Waals surface area contributed by atoms with Gasteiger partial charge in [-0.1, -0.05) is 11.6 Å². The van der Waals surface area contributed by atoms with Crippen LogP contribution in [0.3, 0.4) is 0 Å². The van der Waals surface area contributed by atoms with Crippen LogP contribution in [0.25, 0.3) is 0 Å². The van der Waals surface area contributed by atoms with Crippen LogP contribution in [0.5, 0.6) is 5.75 Å². The molecule has 0 saturated carbocycles. The molecule has 0 aliphatic carbocycles. The average Bonchev–Trinajstić information content (AvgIpc) is 2.43. The van der Waals surface area contributed by atoms with Gasteiger partial charge in [-0.25, -0.2) is 0 Å². The lowest BCUT2D eigenvalue weighted by Gasteiger charge is -2.21. The van der Waals surface area contributed by atoms with Gasteiger partial charge < -0.3 is 25.0 Å². The summed E-state index contributed by atoms with van der Waals surface area (Å²) in [5.74, 6) is 0.680. The third-order valence-electron chi connectivity index (χ3n) is 3.31. The zero-order valence-electron chi connectivity index (χ0n) is 12.6. The molecule has 0 fully saturated rings. The molecule has 1 rings (SSSR count). The van der Waals surface area contributed by atoms with Crippen LogP contribution in [-0.2, 0) is 0 Å². The van der Waals surface area contributed by atoms with Gasteiger partial charge in [0.15, 0.2) is 0 Å². The Morgan fingerprint density at radius 2 is 1.67 bits per heavy atom. The van der Waals surface area contributed by atoms with E-state index in [4.69, 9.17) is 26.6 Å². The maximum absolute atomic E-state index is 9.99. The minimum absolute atomic E-state index is 0.0263. The van der Waals surface area contributed by atoms with Crippen LogP contribution in [0.1, 0.15) is 11.1 Å². The number of quaternary nitrogens is 1. The highest BCUT2D eigenvalue weighted by Gasteiger charge is 2.15. The first kappa shape index (κ1) is 18.2. The number of aryl methyl sites for hydroxylation is 2. The highest BCUT2D eigenvalue weighted by molar-refractivity contribution is 6.32. The van der Waals surface area contributed by atoms with Gasteiger partial charge in [0.1, 0.15) is 38.1 Å². The van der Waals surface area contributed by atoms with E-state index in [2.05, 4.69) is 0 Å². The minimum atomic E-state index is -0.658. The molecule has 0 radical (unpaired) electrons. The topological polar surface area (TPSA) is 74.4 Å². The fourth-order valence-corrected chi connectivity index (χ4v) is 2.33. The van der Waals surface area contributed by atoms with E-state index in [1.54, 1.807) is 0 Å². The van der Waals surface area contributed by atoms with Crippen molar-refractivity contribution in [3.05, 3.63) is 28.3 Å². The van der Waals surface area contributed by atoms with Crippen LogP contribution in [0, 0.1) is 13.8 Å². The van der Waals surface area contributed by atoms with Crippen molar-refractivity contribution < 1.29 is 25.0 Å². The first-order chi connectivity index (χ1) is 9.97. The zero-order chi connectivity index (χ0) is 15.8. The fraction of sp³-hybridized carbons (Fsp3) is 0.600. The summed E-state index contributed by atoms with van der Waals surface area (Å²) in [5, 5.41) is 28.6. The Kier molecular flexibility index (Phi) is 8.00. The summed E-state index contributed by atoms with van der Waals surface area (Å²) in [6.07, 6.45) is -0.658.